The van der Waals surface area contributed by atoms with E-state index in [-0.39, 0.29) is 5.91 Å². The van der Waals surface area contributed by atoms with Crippen LogP contribution in [0.1, 0.15) is 33.6 Å². The summed E-state index contributed by atoms with van der Waals surface area (Å²) < 4.78 is 1.18. The Bertz CT molecular complexity index is 1180. The third-order valence-corrected chi connectivity index (χ3v) is 8.31. The summed E-state index contributed by atoms with van der Waals surface area (Å²) in [6, 6.07) is 16.0. The number of nitrogens with zero attached hydrogens (tertiary/aromatic N) is 1. The van der Waals surface area contributed by atoms with Gasteiger partial charge >= 0.3 is 0 Å². The lowest BCUT2D eigenvalue weighted by molar-refractivity contribution is 0.102. The van der Waals surface area contributed by atoms with Gasteiger partial charge in [0.25, 0.3) is 5.91 Å². The zero-order valence-corrected chi connectivity index (χ0v) is 18.5. The highest BCUT2D eigenvalue weighted by molar-refractivity contribution is 7.98. The highest BCUT2D eigenvalue weighted by Gasteiger charge is 2.25. The summed E-state index contributed by atoms with van der Waals surface area (Å²) >= 11 is 5.04. The van der Waals surface area contributed by atoms with Gasteiger partial charge in [-0.3, -0.25) is 4.79 Å². The fraction of sp³-hybridized carbons (Fsp3) is 0.217. The number of thiazole rings is 1. The quantitative estimate of drug-likeness (QED) is 0.355. The lowest BCUT2D eigenvalue weighted by atomic mass is 9.95. The number of nitrogens with one attached hydrogen (secondary N) is 1. The van der Waals surface area contributed by atoms with Gasteiger partial charge in [0.2, 0.25) is 0 Å². The third-order valence-electron chi connectivity index (χ3n) is 5.26. The molecule has 4 aromatic rings. The smallest absolute Gasteiger partial charge is 0.257 e. The highest BCUT2D eigenvalue weighted by atomic mass is 32.2. The number of aryl methyl sites for hydroxylation is 1. The lowest BCUT2D eigenvalue weighted by Gasteiger charge is -2.12. The van der Waals surface area contributed by atoms with Crippen LogP contribution in [-0.4, -0.2) is 17.1 Å². The number of thiophene rings is 1. The number of thioether (sulfide) groups is 1. The van der Waals surface area contributed by atoms with Crippen LogP contribution in [0.2, 0.25) is 0 Å². The first-order valence-corrected chi connectivity index (χ1v) is 12.5. The summed E-state index contributed by atoms with van der Waals surface area (Å²) in [4.78, 5) is 20.4. The SMILES string of the molecule is CSc1ccccc1C(=O)Nc1sc2c(c1-c1nc3ccccc3s1)CCCC2. The number of hydrogen-bond acceptors (Lipinski definition) is 5. The van der Waals surface area contributed by atoms with E-state index in [2.05, 4.69) is 23.5 Å². The topological polar surface area (TPSA) is 42.0 Å². The monoisotopic (exact) mass is 436 g/mol. The molecule has 3 nitrogen and oxygen atoms in total. The predicted octanol–water partition coefficient (Wildman–Crippen LogP) is 6.88. The lowest BCUT2D eigenvalue weighted by Crippen LogP contribution is -2.12. The van der Waals surface area contributed by atoms with Crippen molar-refractivity contribution in [2.45, 2.75) is 30.6 Å². The van der Waals surface area contributed by atoms with Gasteiger partial charge in [0.1, 0.15) is 10.0 Å². The summed E-state index contributed by atoms with van der Waals surface area (Å²) in [5, 5.41) is 5.19. The maximum atomic E-state index is 13.1. The van der Waals surface area contributed by atoms with Crippen LogP contribution in [0.25, 0.3) is 20.8 Å². The van der Waals surface area contributed by atoms with E-state index >= 15 is 0 Å². The largest absolute Gasteiger partial charge is 0.313 e. The molecule has 1 amide bonds. The van der Waals surface area contributed by atoms with Crippen molar-refractivity contribution >= 4 is 55.6 Å². The van der Waals surface area contributed by atoms with E-state index in [1.54, 1.807) is 34.4 Å². The van der Waals surface area contributed by atoms with E-state index in [4.69, 9.17) is 4.98 Å². The molecule has 0 atom stereocenters. The number of benzene rings is 2. The van der Waals surface area contributed by atoms with Crippen LogP contribution in [-0.2, 0) is 12.8 Å². The van der Waals surface area contributed by atoms with Crippen LogP contribution < -0.4 is 5.32 Å². The molecule has 2 aromatic heterocycles. The van der Waals surface area contributed by atoms with Crippen LogP contribution in [0.3, 0.4) is 0 Å². The molecule has 0 radical (unpaired) electrons. The Morgan fingerprint density at radius 2 is 1.83 bits per heavy atom. The average Bonchev–Trinajstić information content (AvgIpc) is 3.34. The molecule has 0 saturated heterocycles. The molecule has 0 fully saturated rings. The molecule has 0 bridgehead atoms. The first kappa shape index (κ1) is 18.9. The van der Waals surface area contributed by atoms with Gasteiger partial charge in [0.15, 0.2) is 0 Å². The normalized spacial score (nSPS) is 13.4. The van der Waals surface area contributed by atoms with Crippen molar-refractivity contribution in [1.82, 2.24) is 4.98 Å². The highest BCUT2D eigenvalue weighted by Crippen LogP contribution is 2.46. The van der Waals surface area contributed by atoms with E-state index in [1.165, 1.54) is 28.0 Å². The van der Waals surface area contributed by atoms with Crippen LogP contribution >= 0.6 is 34.4 Å². The molecule has 5 rings (SSSR count). The number of aromatic nitrogens is 1. The van der Waals surface area contributed by atoms with Crippen molar-refractivity contribution in [3.63, 3.8) is 0 Å². The zero-order chi connectivity index (χ0) is 19.8. The van der Waals surface area contributed by atoms with E-state index in [9.17, 15) is 4.79 Å². The first-order chi connectivity index (χ1) is 14.2. The Hall–Kier alpha value is -2.15. The number of amides is 1. The Morgan fingerprint density at radius 3 is 2.69 bits per heavy atom. The van der Waals surface area contributed by atoms with Crippen LogP contribution in [0.5, 0.6) is 0 Å². The van der Waals surface area contributed by atoms with Crippen molar-refractivity contribution in [2.24, 2.45) is 0 Å². The van der Waals surface area contributed by atoms with Crippen molar-refractivity contribution in [1.29, 1.82) is 0 Å². The second-order valence-corrected chi connectivity index (χ2v) is 10.0. The molecule has 2 aromatic carbocycles. The number of carbonyl (C=O) groups excluding carboxylic acids is 1. The summed E-state index contributed by atoms with van der Waals surface area (Å²) in [6.45, 7) is 0. The Balaban J connectivity index is 1.59. The van der Waals surface area contributed by atoms with Crippen LogP contribution in [0.15, 0.2) is 53.4 Å². The number of fused-ring (bicyclic) bond motifs is 2. The molecule has 0 unspecified atom stereocenters. The van der Waals surface area contributed by atoms with Crippen molar-refractivity contribution in [3.05, 3.63) is 64.5 Å². The molecule has 0 aliphatic heterocycles. The standard InChI is InChI=1S/C23H20N2OS3/c1-27-17-11-5-3-9-15(17)21(26)25-23-20(14-8-2-6-12-18(14)28-23)22-24-16-10-4-7-13-19(16)29-22/h3-5,7,9-11,13H,2,6,8,12H2,1H3,(H,25,26). The second kappa shape index (κ2) is 7.94. The molecule has 29 heavy (non-hydrogen) atoms. The summed E-state index contributed by atoms with van der Waals surface area (Å²) in [5.74, 6) is -0.0455. The molecule has 1 N–H and O–H groups in total. The second-order valence-electron chi connectivity index (χ2n) is 7.06. The van der Waals surface area contributed by atoms with Gasteiger partial charge < -0.3 is 5.32 Å². The summed E-state index contributed by atoms with van der Waals surface area (Å²) in [5.41, 5.74) is 4.27. The number of carbonyl (C=O) groups is 1. The van der Waals surface area contributed by atoms with E-state index in [0.717, 1.165) is 44.4 Å². The van der Waals surface area contributed by atoms with Crippen molar-refractivity contribution in [3.8, 4) is 10.6 Å². The molecular weight excluding hydrogens is 416 g/mol. The van der Waals surface area contributed by atoms with Gasteiger partial charge in [-0.1, -0.05) is 24.3 Å². The van der Waals surface area contributed by atoms with Gasteiger partial charge in [-0.25, -0.2) is 4.98 Å². The van der Waals surface area contributed by atoms with Gasteiger partial charge in [0.05, 0.1) is 15.8 Å². The Morgan fingerprint density at radius 1 is 1.03 bits per heavy atom. The van der Waals surface area contributed by atoms with Gasteiger partial charge in [-0.15, -0.1) is 34.4 Å². The Labute approximate surface area is 182 Å². The first-order valence-electron chi connectivity index (χ1n) is 9.69. The molecule has 6 heteroatoms. The number of hydrogen-bond donors (Lipinski definition) is 1. The molecule has 0 spiro atoms. The van der Waals surface area contributed by atoms with Crippen LogP contribution in [0, 0.1) is 0 Å². The van der Waals surface area contributed by atoms with Crippen molar-refractivity contribution < 1.29 is 4.79 Å². The molecule has 2 heterocycles. The molecule has 1 aliphatic rings. The van der Waals surface area contributed by atoms with Crippen molar-refractivity contribution in [2.75, 3.05) is 11.6 Å². The number of para-hydroxylation sites is 1. The minimum Gasteiger partial charge on any atom is -0.313 e. The number of rotatable bonds is 4. The fourth-order valence-corrected chi connectivity index (χ4v) is 6.85. The summed E-state index contributed by atoms with van der Waals surface area (Å²) in [7, 11) is 0. The van der Waals surface area contributed by atoms with Gasteiger partial charge in [0, 0.05) is 15.3 Å². The van der Waals surface area contributed by atoms with E-state index < -0.39 is 0 Å². The minimum atomic E-state index is -0.0455. The van der Waals surface area contributed by atoms with Crippen LogP contribution in [0.4, 0.5) is 5.00 Å². The molecule has 146 valence electrons. The zero-order valence-electron chi connectivity index (χ0n) is 16.0. The fourth-order valence-electron chi connectivity index (χ4n) is 3.86. The maximum Gasteiger partial charge on any atom is 0.257 e. The van der Waals surface area contributed by atoms with E-state index in [0.29, 0.717) is 0 Å². The van der Waals surface area contributed by atoms with Gasteiger partial charge in [-0.05, 0) is 61.8 Å². The minimum absolute atomic E-state index is 0.0455. The van der Waals surface area contributed by atoms with E-state index in [1.807, 2.05) is 36.6 Å². The molecule has 1 aliphatic carbocycles. The number of anilines is 1. The average molecular weight is 437 g/mol. The Kier molecular flexibility index (Phi) is 5.16. The molecule has 0 saturated carbocycles. The maximum absolute atomic E-state index is 13.1. The predicted molar refractivity (Wildman–Crippen MR) is 126 cm³/mol. The van der Waals surface area contributed by atoms with Gasteiger partial charge in [-0.2, -0.15) is 0 Å². The third kappa shape index (κ3) is 3.50. The summed E-state index contributed by atoms with van der Waals surface area (Å²) in [6.07, 6.45) is 6.58. The molecular formula is C23H20N2OS3.